The van der Waals surface area contributed by atoms with E-state index in [1.807, 2.05) is 13.0 Å². The van der Waals surface area contributed by atoms with Gasteiger partial charge in [0.1, 0.15) is 18.1 Å². The number of hydrogen-bond donors (Lipinski definition) is 1. The van der Waals surface area contributed by atoms with E-state index in [4.69, 9.17) is 9.15 Å². The van der Waals surface area contributed by atoms with Crippen molar-refractivity contribution in [1.82, 2.24) is 14.9 Å². The summed E-state index contributed by atoms with van der Waals surface area (Å²) < 4.78 is 38.1. The molecule has 8 nitrogen and oxygen atoms in total. The summed E-state index contributed by atoms with van der Waals surface area (Å²) in [5.41, 5.74) is 2.03. The van der Waals surface area contributed by atoms with Crippen LogP contribution in [0.25, 0.3) is 0 Å². The largest absolute Gasteiger partial charge is 0.488 e. The van der Waals surface area contributed by atoms with Crippen LogP contribution in [0.15, 0.2) is 64.7 Å². The second-order valence-electron chi connectivity index (χ2n) is 7.35. The number of hydrogen-bond acceptors (Lipinski definition) is 7. The summed E-state index contributed by atoms with van der Waals surface area (Å²) in [6.45, 7) is 4.68. The number of sulfonamides is 1. The fourth-order valence-electron chi connectivity index (χ4n) is 3.45. The van der Waals surface area contributed by atoms with Gasteiger partial charge in [-0.15, -0.1) is 0 Å². The Kier molecular flexibility index (Phi) is 6.01. The van der Waals surface area contributed by atoms with Crippen LogP contribution in [0.4, 0.5) is 5.82 Å². The highest BCUT2D eigenvalue weighted by atomic mass is 32.2. The molecule has 1 fully saturated rings. The van der Waals surface area contributed by atoms with Crippen LogP contribution in [0.2, 0.25) is 0 Å². The molecular weight excluding hydrogens is 404 g/mol. The van der Waals surface area contributed by atoms with E-state index in [0.717, 1.165) is 44.4 Å². The van der Waals surface area contributed by atoms with Gasteiger partial charge in [0.05, 0.1) is 6.20 Å². The van der Waals surface area contributed by atoms with Crippen LogP contribution in [0.1, 0.15) is 24.0 Å². The van der Waals surface area contributed by atoms with Gasteiger partial charge in [-0.3, -0.25) is 9.62 Å². The third-order valence-corrected chi connectivity index (χ3v) is 6.31. The van der Waals surface area contributed by atoms with E-state index < -0.39 is 10.0 Å². The topological polar surface area (TPSA) is 97.6 Å². The molecule has 9 heteroatoms. The molecule has 0 amide bonds. The second kappa shape index (κ2) is 8.85. The zero-order valence-corrected chi connectivity index (χ0v) is 17.5. The molecule has 3 aromatic rings. The number of ether oxygens (including phenoxy) is 1. The van der Waals surface area contributed by atoms with Crippen molar-refractivity contribution in [1.29, 1.82) is 0 Å². The molecule has 0 radical (unpaired) electrons. The number of piperidine rings is 1. The average Bonchev–Trinajstić information content (AvgIpc) is 3.24. The predicted octanol–water partition coefficient (Wildman–Crippen LogP) is 3.22. The molecule has 158 valence electrons. The molecule has 30 heavy (non-hydrogen) atoms. The van der Waals surface area contributed by atoms with Crippen LogP contribution in [0.3, 0.4) is 0 Å². The van der Waals surface area contributed by atoms with Gasteiger partial charge in [0, 0.05) is 19.6 Å². The molecule has 1 aromatic carbocycles. The van der Waals surface area contributed by atoms with E-state index in [1.54, 1.807) is 0 Å². The number of nitrogens with one attached hydrogen (secondary N) is 1. The maximum absolute atomic E-state index is 12.4. The summed E-state index contributed by atoms with van der Waals surface area (Å²) in [5, 5.41) is -0.0898. The molecule has 3 heterocycles. The lowest BCUT2D eigenvalue weighted by atomic mass is 10.1. The van der Waals surface area contributed by atoms with Gasteiger partial charge in [-0.25, -0.2) is 4.98 Å². The zero-order valence-electron chi connectivity index (χ0n) is 16.7. The van der Waals surface area contributed by atoms with E-state index in [9.17, 15) is 8.42 Å². The van der Waals surface area contributed by atoms with Crippen molar-refractivity contribution in [3.63, 3.8) is 0 Å². The van der Waals surface area contributed by atoms with Crippen molar-refractivity contribution in [2.75, 3.05) is 17.8 Å². The number of aryl methyl sites for hydroxylation is 1. The van der Waals surface area contributed by atoms with Gasteiger partial charge < -0.3 is 9.15 Å². The summed E-state index contributed by atoms with van der Waals surface area (Å²) >= 11 is 0. The van der Waals surface area contributed by atoms with Crippen LogP contribution in [-0.2, 0) is 16.6 Å². The highest BCUT2D eigenvalue weighted by Gasteiger charge is 2.23. The monoisotopic (exact) mass is 428 g/mol. The molecule has 1 aliphatic rings. The molecule has 2 aromatic heterocycles. The van der Waals surface area contributed by atoms with Crippen molar-refractivity contribution in [3.8, 4) is 5.75 Å². The molecular formula is C21H24N4O4S. The lowest BCUT2D eigenvalue weighted by Gasteiger charge is -2.32. The van der Waals surface area contributed by atoms with Gasteiger partial charge in [0.15, 0.2) is 17.2 Å². The first kappa shape index (κ1) is 20.4. The summed E-state index contributed by atoms with van der Waals surface area (Å²) in [4.78, 5) is 10.3. The Morgan fingerprint density at radius 1 is 1.20 bits per heavy atom. The quantitative estimate of drug-likeness (QED) is 0.617. The normalized spacial score (nSPS) is 15.8. The third kappa shape index (κ3) is 4.98. The van der Waals surface area contributed by atoms with E-state index in [0.29, 0.717) is 5.75 Å². The summed E-state index contributed by atoms with van der Waals surface area (Å²) in [5.74, 6) is 0.717. The Hall–Kier alpha value is -2.91. The predicted molar refractivity (Wildman–Crippen MR) is 112 cm³/mol. The zero-order chi connectivity index (χ0) is 21.0. The fourth-order valence-corrected chi connectivity index (χ4v) is 4.45. The highest BCUT2D eigenvalue weighted by molar-refractivity contribution is 7.92. The number of aromatic nitrogens is 2. The van der Waals surface area contributed by atoms with Crippen molar-refractivity contribution in [2.24, 2.45) is 0 Å². The fraction of sp³-hybridized carbons (Fsp3) is 0.333. The van der Waals surface area contributed by atoms with E-state index in [1.165, 1.54) is 24.1 Å². The maximum atomic E-state index is 12.4. The Bertz CT molecular complexity index is 1060. The Morgan fingerprint density at radius 2 is 1.97 bits per heavy atom. The Labute approximate surface area is 176 Å². The first-order valence-electron chi connectivity index (χ1n) is 9.80. The molecule has 0 unspecified atom stereocenters. The van der Waals surface area contributed by atoms with Crippen LogP contribution in [0, 0.1) is 6.92 Å². The van der Waals surface area contributed by atoms with Gasteiger partial charge in [-0.1, -0.05) is 30.3 Å². The minimum atomic E-state index is -3.84. The smallest absolute Gasteiger partial charge is 0.280 e. The Balaban J connectivity index is 1.34. The van der Waals surface area contributed by atoms with Crippen LogP contribution < -0.4 is 9.46 Å². The lowest BCUT2D eigenvalue weighted by Crippen LogP contribution is -2.37. The van der Waals surface area contributed by atoms with Crippen LogP contribution >= 0.6 is 0 Å². The molecule has 1 saturated heterocycles. The molecule has 1 aliphatic heterocycles. The second-order valence-corrected chi connectivity index (χ2v) is 8.98. The summed E-state index contributed by atoms with van der Waals surface area (Å²) in [6, 6.07) is 11.9. The molecule has 0 atom stereocenters. The minimum absolute atomic E-state index is 0.0898. The van der Waals surface area contributed by atoms with Gasteiger partial charge >= 0.3 is 0 Å². The standard InChI is InChI=1S/C21H24N4O4S/c1-16-11-21(30(26,27)24-20-14-28-15-23-20)22-12-19(16)29-18-7-9-25(10-8-18)13-17-5-3-2-4-6-17/h2-6,11-12,14-15,18,24H,7-10,13H2,1H3. The number of benzene rings is 1. The lowest BCUT2D eigenvalue weighted by molar-refractivity contribution is 0.0958. The van der Waals surface area contributed by atoms with Crippen molar-refractivity contribution in [3.05, 3.63) is 66.4 Å². The summed E-state index contributed by atoms with van der Waals surface area (Å²) in [7, 11) is -3.84. The molecule has 0 saturated carbocycles. The average molecular weight is 429 g/mol. The highest BCUT2D eigenvalue weighted by Crippen LogP contribution is 2.25. The van der Waals surface area contributed by atoms with Gasteiger partial charge in [-0.2, -0.15) is 13.4 Å². The van der Waals surface area contributed by atoms with Crippen molar-refractivity contribution >= 4 is 15.8 Å². The number of pyridine rings is 1. The maximum Gasteiger partial charge on any atom is 0.280 e. The first-order chi connectivity index (χ1) is 14.5. The summed E-state index contributed by atoms with van der Waals surface area (Å²) in [6.07, 6.45) is 5.77. The van der Waals surface area contributed by atoms with E-state index in [2.05, 4.69) is 43.9 Å². The van der Waals surface area contributed by atoms with E-state index >= 15 is 0 Å². The van der Waals surface area contributed by atoms with Crippen LogP contribution in [0.5, 0.6) is 5.75 Å². The van der Waals surface area contributed by atoms with Gasteiger partial charge in [0.2, 0.25) is 0 Å². The minimum Gasteiger partial charge on any atom is -0.488 e. The number of anilines is 1. The first-order valence-corrected chi connectivity index (χ1v) is 11.3. The number of nitrogens with zero attached hydrogens (tertiary/aromatic N) is 3. The number of likely N-dealkylation sites (tertiary alicyclic amines) is 1. The molecule has 0 bridgehead atoms. The SMILES string of the molecule is Cc1cc(S(=O)(=O)Nc2cocn2)ncc1OC1CCN(Cc2ccccc2)CC1. The number of rotatable bonds is 7. The van der Waals surface area contributed by atoms with Gasteiger partial charge in [-0.05, 0) is 37.0 Å². The molecule has 0 aliphatic carbocycles. The Morgan fingerprint density at radius 3 is 2.63 bits per heavy atom. The van der Waals surface area contributed by atoms with Crippen LogP contribution in [-0.4, -0.2) is 42.5 Å². The van der Waals surface area contributed by atoms with Crippen molar-refractivity contribution < 1.29 is 17.6 Å². The number of oxazole rings is 1. The van der Waals surface area contributed by atoms with Crippen molar-refractivity contribution in [2.45, 2.75) is 37.4 Å². The molecule has 0 spiro atoms. The third-order valence-electron chi connectivity index (χ3n) is 5.06. The van der Waals surface area contributed by atoms with E-state index in [-0.39, 0.29) is 16.9 Å². The van der Waals surface area contributed by atoms with Gasteiger partial charge in [0.25, 0.3) is 10.0 Å². The molecule has 4 rings (SSSR count). The molecule has 1 N–H and O–H groups in total.